The van der Waals surface area contributed by atoms with E-state index in [1.54, 1.807) is 30.6 Å². The van der Waals surface area contributed by atoms with Crippen molar-refractivity contribution in [2.24, 2.45) is 5.92 Å². The number of nitrogens with one attached hydrogen (secondary N) is 1. The molecule has 1 aliphatic rings. The number of hydrogen-bond donors (Lipinski definition) is 2. The van der Waals surface area contributed by atoms with E-state index in [4.69, 9.17) is 9.84 Å². The molecule has 120 valence electrons. The second kappa shape index (κ2) is 7.19. The van der Waals surface area contributed by atoms with Gasteiger partial charge < -0.3 is 15.2 Å². The standard InChI is InChI=1S/C17H19N3O3/c21-17(22)14-3-1-2-13(8-14)15-9-19-10-16(20-15)23-11-12-4-6-18-7-5-12/h1-3,8-10,12,18H,4-7,11H2,(H,21,22). The number of benzene rings is 1. The molecule has 0 saturated carbocycles. The minimum Gasteiger partial charge on any atom is -0.478 e. The molecule has 0 atom stereocenters. The van der Waals surface area contributed by atoms with Gasteiger partial charge in [-0.15, -0.1) is 0 Å². The van der Waals surface area contributed by atoms with Gasteiger partial charge in [0, 0.05) is 5.56 Å². The summed E-state index contributed by atoms with van der Waals surface area (Å²) in [6.07, 6.45) is 5.41. The highest BCUT2D eigenvalue weighted by atomic mass is 16.5. The summed E-state index contributed by atoms with van der Waals surface area (Å²) in [5, 5.41) is 12.4. The maximum absolute atomic E-state index is 11.1. The topological polar surface area (TPSA) is 84.3 Å². The average Bonchev–Trinajstić information content (AvgIpc) is 2.61. The molecule has 6 nitrogen and oxygen atoms in total. The molecule has 23 heavy (non-hydrogen) atoms. The smallest absolute Gasteiger partial charge is 0.335 e. The number of aromatic carboxylic acids is 1. The van der Waals surface area contributed by atoms with E-state index in [-0.39, 0.29) is 5.56 Å². The molecule has 0 bridgehead atoms. The van der Waals surface area contributed by atoms with E-state index in [0.29, 0.717) is 29.7 Å². The first-order chi connectivity index (χ1) is 11.2. The maximum atomic E-state index is 11.1. The van der Waals surface area contributed by atoms with Crippen molar-refractivity contribution in [3.05, 3.63) is 42.2 Å². The van der Waals surface area contributed by atoms with E-state index in [2.05, 4.69) is 15.3 Å². The lowest BCUT2D eigenvalue weighted by Crippen LogP contribution is -2.30. The van der Waals surface area contributed by atoms with Crippen LogP contribution in [-0.4, -0.2) is 40.7 Å². The number of nitrogens with zero attached hydrogens (tertiary/aromatic N) is 2. The lowest BCUT2D eigenvalue weighted by atomic mass is 9.99. The minimum absolute atomic E-state index is 0.227. The van der Waals surface area contributed by atoms with Crippen LogP contribution in [0, 0.1) is 5.92 Å². The van der Waals surface area contributed by atoms with Crippen molar-refractivity contribution < 1.29 is 14.6 Å². The summed E-state index contributed by atoms with van der Waals surface area (Å²) >= 11 is 0. The summed E-state index contributed by atoms with van der Waals surface area (Å²) in [4.78, 5) is 19.6. The highest BCUT2D eigenvalue weighted by Gasteiger charge is 2.14. The number of carboxylic acids is 1. The zero-order valence-corrected chi connectivity index (χ0v) is 12.7. The quantitative estimate of drug-likeness (QED) is 0.880. The first kappa shape index (κ1) is 15.4. The van der Waals surface area contributed by atoms with Crippen molar-refractivity contribution in [1.29, 1.82) is 0 Å². The van der Waals surface area contributed by atoms with Gasteiger partial charge in [0.2, 0.25) is 5.88 Å². The van der Waals surface area contributed by atoms with Crippen molar-refractivity contribution in [2.45, 2.75) is 12.8 Å². The first-order valence-corrected chi connectivity index (χ1v) is 7.71. The van der Waals surface area contributed by atoms with E-state index in [0.717, 1.165) is 25.9 Å². The normalized spacial score (nSPS) is 15.3. The molecule has 2 N–H and O–H groups in total. The van der Waals surface area contributed by atoms with E-state index >= 15 is 0 Å². The Bertz CT molecular complexity index is 684. The molecular formula is C17H19N3O3. The summed E-state index contributed by atoms with van der Waals surface area (Å²) in [7, 11) is 0. The molecule has 0 spiro atoms. The van der Waals surface area contributed by atoms with Crippen molar-refractivity contribution in [2.75, 3.05) is 19.7 Å². The van der Waals surface area contributed by atoms with Crippen LogP contribution in [0.15, 0.2) is 36.7 Å². The summed E-state index contributed by atoms with van der Waals surface area (Å²) in [5.41, 5.74) is 1.55. The average molecular weight is 313 g/mol. The number of aromatic nitrogens is 2. The molecule has 6 heteroatoms. The fourth-order valence-corrected chi connectivity index (χ4v) is 2.62. The fraction of sp³-hybridized carbons (Fsp3) is 0.353. The minimum atomic E-state index is -0.960. The van der Waals surface area contributed by atoms with Gasteiger partial charge in [-0.25, -0.2) is 9.78 Å². The fourth-order valence-electron chi connectivity index (χ4n) is 2.62. The Morgan fingerprint density at radius 2 is 2.13 bits per heavy atom. The molecule has 2 heterocycles. The summed E-state index contributed by atoms with van der Waals surface area (Å²) in [5.74, 6) is 0.0527. The van der Waals surface area contributed by atoms with Gasteiger partial charge in [0.05, 0.1) is 30.3 Å². The summed E-state index contributed by atoms with van der Waals surface area (Å²) in [6, 6.07) is 6.65. The van der Waals surface area contributed by atoms with Crippen LogP contribution < -0.4 is 10.1 Å². The Labute approximate surface area is 134 Å². The Hall–Kier alpha value is -2.47. The summed E-state index contributed by atoms with van der Waals surface area (Å²) < 4.78 is 5.77. The molecule has 1 aromatic carbocycles. The Balaban J connectivity index is 1.71. The predicted octanol–water partition coefficient (Wildman–Crippen LogP) is 2.22. The van der Waals surface area contributed by atoms with Gasteiger partial charge in [0.25, 0.3) is 0 Å². The number of piperidine rings is 1. The zero-order valence-electron chi connectivity index (χ0n) is 12.7. The number of rotatable bonds is 5. The molecule has 0 unspecified atom stereocenters. The van der Waals surface area contributed by atoms with Gasteiger partial charge in [-0.1, -0.05) is 12.1 Å². The highest BCUT2D eigenvalue weighted by Crippen LogP contribution is 2.21. The Morgan fingerprint density at radius 3 is 2.91 bits per heavy atom. The second-order valence-corrected chi connectivity index (χ2v) is 5.63. The number of ether oxygens (including phenoxy) is 1. The lowest BCUT2D eigenvalue weighted by molar-refractivity contribution is 0.0697. The first-order valence-electron chi connectivity index (χ1n) is 7.71. The zero-order chi connectivity index (χ0) is 16.1. The molecule has 1 aliphatic heterocycles. The van der Waals surface area contributed by atoms with Gasteiger partial charge in [-0.05, 0) is 44.0 Å². The van der Waals surface area contributed by atoms with Crippen LogP contribution in [0.25, 0.3) is 11.3 Å². The molecule has 1 saturated heterocycles. The van der Waals surface area contributed by atoms with Gasteiger partial charge in [-0.2, -0.15) is 0 Å². The molecule has 3 rings (SSSR count). The van der Waals surface area contributed by atoms with Crippen molar-refractivity contribution in [3.8, 4) is 17.1 Å². The monoisotopic (exact) mass is 313 g/mol. The van der Waals surface area contributed by atoms with Crippen molar-refractivity contribution in [1.82, 2.24) is 15.3 Å². The van der Waals surface area contributed by atoms with Crippen LogP contribution >= 0.6 is 0 Å². The molecule has 2 aromatic rings. The maximum Gasteiger partial charge on any atom is 0.335 e. The molecule has 1 aromatic heterocycles. The van der Waals surface area contributed by atoms with E-state index in [1.165, 1.54) is 0 Å². The van der Waals surface area contributed by atoms with Crippen LogP contribution in [0.2, 0.25) is 0 Å². The SMILES string of the molecule is O=C(O)c1cccc(-c2cncc(OCC3CCNCC3)n2)c1. The third-order valence-electron chi connectivity index (χ3n) is 3.94. The molecule has 0 radical (unpaired) electrons. The predicted molar refractivity (Wildman–Crippen MR) is 85.5 cm³/mol. The summed E-state index contributed by atoms with van der Waals surface area (Å²) in [6.45, 7) is 2.69. The number of carbonyl (C=O) groups is 1. The molecule has 0 aliphatic carbocycles. The third-order valence-corrected chi connectivity index (χ3v) is 3.94. The lowest BCUT2D eigenvalue weighted by Gasteiger charge is -2.22. The van der Waals surface area contributed by atoms with Crippen LogP contribution in [0.5, 0.6) is 5.88 Å². The van der Waals surface area contributed by atoms with Crippen LogP contribution in [-0.2, 0) is 0 Å². The van der Waals surface area contributed by atoms with Crippen LogP contribution in [0.4, 0.5) is 0 Å². The van der Waals surface area contributed by atoms with Gasteiger partial charge in [-0.3, -0.25) is 4.98 Å². The molecule has 0 amide bonds. The van der Waals surface area contributed by atoms with Crippen LogP contribution in [0.3, 0.4) is 0 Å². The molecule has 1 fully saturated rings. The largest absolute Gasteiger partial charge is 0.478 e. The number of carboxylic acid groups (broad SMARTS) is 1. The van der Waals surface area contributed by atoms with Crippen molar-refractivity contribution in [3.63, 3.8) is 0 Å². The van der Waals surface area contributed by atoms with E-state index in [1.807, 2.05) is 6.07 Å². The second-order valence-electron chi connectivity index (χ2n) is 5.63. The van der Waals surface area contributed by atoms with Crippen LogP contribution in [0.1, 0.15) is 23.2 Å². The van der Waals surface area contributed by atoms with E-state index < -0.39 is 5.97 Å². The Morgan fingerprint density at radius 1 is 1.30 bits per heavy atom. The Kier molecular flexibility index (Phi) is 4.83. The van der Waals surface area contributed by atoms with Gasteiger partial charge >= 0.3 is 5.97 Å². The number of hydrogen-bond acceptors (Lipinski definition) is 5. The van der Waals surface area contributed by atoms with E-state index in [9.17, 15) is 4.79 Å². The highest BCUT2D eigenvalue weighted by molar-refractivity contribution is 5.89. The van der Waals surface area contributed by atoms with Gasteiger partial charge in [0.15, 0.2) is 0 Å². The third kappa shape index (κ3) is 4.04. The van der Waals surface area contributed by atoms with Crippen molar-refractivity contribution >= 4 is 5.97 Å². The van der Waals surface area contributed by atoms with Gasteiger partial charge in [0.1, 0.15) is 0 Å². The molecular weight excluding hydrogens is 294 g/mol.